The number of nitrogens with zero attached hydrogens (tertiary/aromatic N) is 3. The van der Waals surface area contributed by atoms with Crippen molar-refractivity contribution in [2.75, 3.05) is 18.8 Å². The van der Waals surface area contributed by atoms with Gasteiger partial charge in [0.1, 0.15) is 6.33 Å². The van der Waals surface area contributed by atoms with Gasteiger partial charge in [-0.15, -0.1) is 10.2 Å². The van der Waals surface area contributed by atoms with E-state index >= 15 is 0 Å². The van der Waals surface area contributed by atoms with Crippen LogP contribution in [0.3, 0.4) is 0 Å². The lowest BCUT2D eigenvalue weighted by molar-refractivity contribution is 0.0338. The maximum Gasteiger partial charge on any atom is 0.190 e. The summed E-state index contributed by atoms with van der Waals surface area (Å²) in [6.07, 6.45) is 3.31. The van der Waals surface area contributed by atoms with Crippen molar-refractivity contribution >= 4 is 11.8 Å². The van der Waals surface area contributed by atoms with Crippen LogP contribution in [0.15, 0.2) is 11.5 Å². The van der Waals surface area contributed by atoms with Crippen molar-refractivity contribution in [3.63, 3.8) is 0 Å². The van der Waals surface area contributed by atoms with Crippen molar-refractivity contribution in [1.29, 1.82) is 0 Å². The van der Waals surface area contributed by atoms with Crippen LogP contribution in [0.1, 0.15) is 12.8 Å². The van der Waals surface area contributed by atoms with Gasteiger partial charge in [0, 0.05) is 12.8 Å². The van der Waals surface area contributed by atoms with Crippen molar-refractivity contribution in [3.8, 4) is 0 Å². The van der Waals surface area contributed by atoms with Crippen LogP contribution in [0.4, 0.5) is 0 Å². The van der Waals surface area contributed by atoms with E-state index in [0.717, 1.165) is 31.1 Å². The van der Waals surface area contributed by atoms with Gasteiger partial charge < -0.3 is 15.0 Å². The quantitative estimate of drug-likeness (QED) is 0.714. The number of nitrogens with one attached hydrogen (secondary N) is 1. The second-order valence-electron chi connectivity index (χ2n) is 3.99. The molecule has 1 aliphatic rings. The predicted octanol–water partition coefficient (Wildman–Crippen LogP) is 0.0217. The van der Waals surface area contributed by atoms with Crippen LogP contribution in [-0.2, 0) is 7.05 Å². The normalized spacial score (nSPS) is 20.4. The highest BCUT2D eigenvalue weighted by molar-refractivity contribution is 7.99. The van der Waals surface area contributed by atoms with E-state index in [-0.39, 0.29) is 0 Å². The third kappa shape index (κ3) is 2.70. The fourth-order valence-corrected chi connectivity index (χ4v) is 2.68. The number of thioether (sulfide) groups is 1. The maximum absolute atomic E-state index is 10.2. The van der Waals surface area contributed by atoms with E-state index < -0.39 is 5.60 Å². The lowest BCUT2D eigenvalue weighted by Crippen LogP contribution is -2.43. The Morgan fingerprint density at radius 2 is 2.33 bits per heavy atom. The molecule has 0 saturated carbocycles. The minimum absolute atomic E-state index is 0.540. The number of rotatable bonds is 3. The fourth-order valence-electron chi connectivity index (χ4n) is 1.64. The van der Waals surface area contributed by atoms with E-state index in [1.165, 1.54) is 0 Å². The van der Waals surface area contributed by atoms with Gasteiger partial charge in [-0.3, -0.25) is 0 Å². The summed E-state index contributed by atoms with van der Waals surface area (Å²) in [5.74, 6) is 0.696. The van der Waals surface area contributed by atoms with E-state index in [4.69, 9.17) is 0 Å². The summed E-state index contributed by atoms with van der Waals surface area (Å²) < 4.78 is 1.87. The first-order valence-corrected chi connectivity index (χ1v) is 6.08. The third-order valence-corrected chi connectivity index (χ3v) is 3.98. The van der Waals surface area contributed by atoms with Crippen molar-refractivity contribution in [3.05, 3.63) is 6.33 Å². The molecule has 0 aliphatic carbocycles. The molecule has 0 amide bonds. The summed E-state index contributed by atoms with van der Waals surface area (Å²) >= 11 is 1.57. The number of hydrogen-bond acceptors (Lipinski definition) is 5. The molecule has 2 heterocycles. The Kier molecular flexibility index (Phi) is 3.28. The maximum atomic E-state index is 10.2. The smallest absolute Gasteiger partial charge is 0.190 e. The summed E-state index contributed by atoms with van der Waals surface area (Å²) in [4.78, 5) is 0. The van der Waals surface area contributed by atoms with Gasteiger partial charge in [0.25, 0.3) is 0 Å². The van der Waals surface area contributed by atoms with Crippen LogP contribution < -0.4 is 5.32 Å². The number of aliphatic hydroxyl groups is 1. The highest BCUT2D eigenvalue weighted by Gasteiger charge is 2.29. The van der Waals surface area contributed by atoms with Gasteiger partial charge >= 0.3 is 0 Å². The largest absolute Gasteiger partial charge is 0.389 e. The molecule has 1 fully saturated rings. The topological polar surface area (TPSA) is 63.0 Å². The highest BCUT2D eigenvalue weighted by atomic mass is 32.2. The molecule has 0 spiro atoms. The zero-order chi connectivity index (χ0) is 10.7. The molecular weight excluding hydrogens is 212 g/mol. The van der Waals surface area contributed by atoms with E-state index in [1.54, 1.807) is 18.1 Å². The molecule has 0 atom stereocenters. The Labute approximate surface area is 93.3 Å². The summed E-state index contributed by atoms with van der Waals surface area (Å²) in [6, 6.07) is 0. The lowest BCUT2D eigenvalue weighted by atomic mass is 9.95. The van der Waals surface area contributed by atoms with Gasteiger partial charge in [-0.05, 0) is 25.9 Å². The van der Waals surface area contributed by atoms with Gasteiger partial charge in [-0.1, -0.05) is 11.8 Å². The van der Waals surface area contributed by atoms with Crippen LogP contribution in [0.5, 0.6) is 0 Å². The Balaban J connectivity index is 1.89. The van der Waals surface area contributed by atoms with Crippen molar-refractivity contribution in [1.82, 2.24) is 20.1 Å². The number of piperidine rings is 1. The second kappa shape index (κ2) is 4.51. The molecule has 1 aromatic heterocycles. The minimum atomic E-state index is -0.540. The van der Waals surface area contributed by atoms with Crippen LogP contribution in [0.25, 0.3) is 0 Å². The average molecular weight is 228 g/mol. The summed E-state index contributed by atoms with van der Waals surface area (Å²) in [6.45, 7) is 1.80. The zero-order valence-corrected chi connectivity index (χ0v) is 9.63. The SMILES string of the molecule is Cn1cnnc1SCC1(O)CCNCC1. The average Bonchev–Trinajstić information content (AvgIpc) is 2.62. The first-order chi connectivity index (χ1) is 7.20. The van der Waals surface area contributed by atoms with Gasteiger partial charge in [0.15, 0.2) is 5.16 Å². The molecule has 1 aliphatic heterocycles. The van der Waals surface area contributed by atoms with Crippen LogP contribution in [0, 0.1) is 0 Å². The number of hydrogen-bond donors (Lipinski definition) is 2. The number of aromatic nitrogens is 3. The second-order valence-corrected chi connectivity index (χ2v) is 4.93. The Bertz CT molecular complexity index is 322. The molecule has 1 aromatic rings. The van der Waals surface area contributed by atoms with Crippen LogP contribution in [-0.4, -0.2) is 44.3 Å². The van der Waals surface area contributed by atoms with E-state index in [0.29, 0.717) is 5.75 Å². The van der Waals surface area contributed by atoms with Gasteiger partial charge in [-0.25, -0.2) is 0 Å². The molecule has 15 heavy (non-hydrogen) atoms. The molecule has 0 bridgehead atoms. The first kappa shape index (κ1) is 10.9. The van der Waals surface area contributed by atoms with E-state index in [2.05, 4.69) is 15.5 Å². The van der Waals surface area contributed by atoms with Gasteiger partial charge in [-0.2, -0.15) is 0 Å². The third-order valence-electron chi connectivity index (χ3n) is 2.67. The molecular formula is C9H16N4OS. The summed E-state index contributed by atoms with van der Waals surface area (Å²) in [5, 5.41) is 22.1. The zero-order valence-electron chi connectivity index (χ0n) is 8.81. The van der Waals surface area contributed by atoms with E-state index in [1.807, 2.05) is 11.6 Å². The van der Waals surface area contributed by atoms with Crippen LogP contribution >= 0.6 is 11.8 Å². The van der Waals surface area contributed by atoms with Crippen molar-refractivity contribution < 1.29 is 5.11 Å². The molecule has 0 aromatic carbocycles. The predicted molar refractivity (Wildman–Crippen MR) is 58.8 cm³/mol. The lowest BCUT2D eigenvalue weighted by Gasteiger charge is -2.31. The standard InChI is InChI=1S/C9H16N4OS/c1-13-7-11-12-8(13)15-6-9(14)2-4-10-5-3-9/h7,10,14H,2-6H2,1H3. The molecule has 0 unspecified atom stereocenters. The summed E-state index contributed by atoms with van der Waals surface area (Å²) in [7, 11) is 1.91. The molecule has 2 N–H and O–H groups in total. The van der Waals surface area contributed by atoms with E-state index in [9.17, 15) is 5.11 Å². The minimum Gasteiger partial charge on any atom is -0.389 e. The van der Waals surface area contributed by atoms with Gasteiger partial charge in [0.2, 0.25) is 0 Å². The molecule has 1 saturated heterocycles. The molecule has 0 radical (unpaired) electrons. The van der Waals surface area contributed by atoms with Crippen molar-refractivity contribution in [2.45, 2.75) is 23.6 Å². The summed E-state index contributed by atoms with van der Waals surface area (Å²) in [5.41, 5.74) is -0.540. The molecule has 84 valence electrons. The van der Waals surface area contributed by atoms with Gasteiger partial charge in [0.05, 0.1) is 5.60 Å². The molecule has 2 rings (SSSR count). The molecule has 6 heteroatoms. The first-order valence-electron chi connectivity index (χ1n) is 5.09. The monoisotopic (exact) mass is 228 g/mol. The Morgan fingerprint density at radius 3 is 2.93 bits per heavy atom. The number of aryl methyl sites for hydroxylation is 1. The Morgan fingerprint density at radius 1 is 1.60 bits per heavy atom. The van der Waals surface area contributed by atoms with Crippen LogP contribution in [0.2, 0.25) is 0 Å². The Hall–Kier alpha value is -0.590. The van der Waals surface area contributed by atoms with Crippen molar-refractivity contribution in [2.24, 2.45) is 7.05 Å². The molecule has 5 nitrogen and oxygen atoms in total. The highest BCUT2D eigenvalue weighted by Crippen LogP contribution is 2.26. The fraction of sp³-hybridized carbons (Fsp3) is 0.778.